The molecule has 1 aromatic carbocycles. The predicted molar refractivity (Wildman–Crippen MR) is 138 cm³/mol. The van der Waals surface area contributed by atoms with Gasteiger partial charge in [0.05, 0.1) is 16.2 Å². The maximum Gasteiger partial charge on any atom is 0.178 e. The van der Waals surface area contributed by atoms with Crippen LogP contribution in [-0.4, -0.2) is 24.9 Å². The highest BCUT2D eigenvalue weighted by Crippen LogP contribution is 2.65. The number of hydrogen-bond donors (Lipinski definition) is 1. The van der Waals surface area contributed by atoms with Gasteiger partial charge < -0.3 is 5.11 Å². The van der Waals surface area contributed by atoms with Gasteiger partial charge in [0.15, 0.2) is 9.84 Å². The van der Waals surface area contributed by atoms with E-state index in [0.29, 0.717) is 28.1 Å². The van der Waals surface area contributed by atoms with Crippen molar-refractivity contribution in [1.29, 1.82) is 0 Å². The fourth-order valence-electron chi connectivity index (χ4n) is 8.93. The first-order chi connectivity index (χ1) is 16.2. The molecule has 1 aromatic rings. The zero-order valence-corrected chi connectivity index (χ0v) is 22.2. The van der Waals surface area contributed by atoms with Crippen molar-refractivity contribution < 1.29 is 13.5 Å². The van der Waals surface area contributed by atoms with Gasteiger partial charge in [-0.3, -0.25) is 0 Å². The summed E-state index contributed by atoms with van der Waals surface area (Å²) >= 11 is 0. The van der Waals surface area contributed by atoms with E-state index < -0.39 is 15.4 Å². The average Bonchev–Trinajstić information content (AvgIpc) is 3.20. The third kappa shape index (κ3) is 4.21. The van der Waals surface area contributed by atoms with Crippen molar-refractivity contribution in [3.05, 3.63) is 42.0 Å². The van der Waals surface area contributed by atoms with Crippen LogP contribution in [0, 0.1) is 40.9 Å². The van der Waals surface area contributed by atoms with E-state index in [1.807, 2.05) is 18.2 Å². The van der Waals surface area contributed by atoms with Gasteiger partial charge in [-0.2, -0.15) is 0 Å². The summed E-state index contributed by atoms with van der Waals surface area (Å²) < 4.78 is 25.8. The number of hydrogen-bond acceptors (Lipinski definition) is 3. The molecule has 0 unspecified atom stereocenters. The maximum atomic E-state index is 12.9. The standard InChI is InChI=1S/C30H44O3S/c1-4-30(31)18-15-24-22(20-30)10-11-26-25(24)14-17-29(3)27(12-13-28(26)29)21(2)16-19-34(32,33)23-8-6-5-7-9-23/h5-10,21,24-28,31H,4,11-20H2,1-3H3/t21-,24+,25-,26-,27-,28+,29-,30+/m1/s1. The third-order valence-electron chi connectivity index (χ3n) is 11.0. The minimum absolute atomic E-state index is 0.260. The lowest BCUT2D eigenvalue weighted by atomic mass is 9.50. The Morgan fingerprint density at radius 1 is 1.06 bits per heavy atom. The Labute approximate surface area is 207 Å². The van der Waals surface area contributed by atoms with Gasteiger partial charge >= 0.3 is 0 Å². The van der Waals surface area contributed by atoms with E-state index in [1.165, 1.54) is 32.1 Å². The maximum absolute atomic E-state index is 12.9. The Balaban J connectivity index is 1.27. The molecule has 0 heterocycles. The molecule has 8 atom stereocenters. The lowest BCUT2D eigenvalue weighted by molar-refractivity contribution is -0.0456. The SMILES string of the molecule is CC[C@]1(O)CC[C@H]2C(=CC[C@@H]3[C@@H]2CC[C@]2(C)[C@@H]([C@H](C)CCS(=O)(=O)c4ccccc4)CC[C@@H]32)C1. The monoisotopic (exact) mass is 484 g/mol. The van der Waals surface area contributed by atoms with Gasteiger partial charge in [0, 0.05) is 0 Å². The minimum Gasteiger partial charge on any atom is -0.390 e. The van der Waals surface area contributed by atoms with Gasteiger partial charge in [0.1, 0.15) is 0 Å². The van der Waals surface area contributed by atoms with Gasteiger partial charge in [0.25, 0.3) is 0 Å². The van der Waals surface area contributed by atoms with Gasteiger partial charge in [-0.1, -0.05) is 50.6 Å². The van der Waals surface area contributed by atoms with E-state index in [4.69, 9.17) is 0 Å². The molecule has 4 aliphatic rings. The first-order valence-electron chi connectivity index (χ1n) is 13.9. The highest BCUT2D eigenvalue weighted by molar-refractivity contribution is 7.91. The van der Waals surface area contributed by atoms with E-state index in [-0.39, 0.29) is 5.75 Å². The van der Waals surface area contributed by atoms with Crippen molar-refractivity contribution in [2.45, 2.75) is 95.5 Å². The Morgan fingerprint density at radius 2 is 1.82 bits per heavy atom. The lowest BCUT2D eigenvalue weighted by Gasteiger charge is -2.55. The van der Waals surface area contributed by atoms with Gasteiger partial charge in [0.2, 0.25) is 0 Å². The number of aliphatic hydroxyl groups is 1. The zero-order chi connectivity index (χ0) is 24.1. The molecule has 3 saturated carbocycles. The summed E-state index contributed by atoms with van der Waals surface area (Å²) in [5, 5.41) is 10.9. The van der Waals surface area contributed by atoms with Crippen LogP contribution in [0.2, 0.25) is 0 Å². The third-order valence-corrected chi connectivity index (χ3v) is 12.7. The normalized spacial score (nSPS) is 40.6. The first-order valence-corrected chi connectivity index (χ1v) is 15.5. The molecular formula is C30H44O3S. The van der Waals surface area contributed by atoms with Crippen molar-refractivity contribution in [1.82, 2.24) is 0 Å². The van der Waals surface area contributed by atoms with Crippen LogP contribution in [0.25, 0.3) is 0 Å². The fourth-order valence-corrected chi connectivity index (χ4v) is 10.4. The van der Waals surface area contributed by atoms with Crippen molar-refractivity contribution >= 4 is 9.84 Å². The molecule has 1 N–H and O–H groups in total. The molecule has 4 aliphatic carbocycles. The molecule has 0 saturated heterocycles. The zero-order valence-electron chi connectivity index (χ0n) is 21.4. The lowest BCUT2D eigenvalue weighted by Crippen LogP contribution is -2.48. The predicted octanol–water partition coefficient (Wildman–Crippen LogP) is 6.82. The number of rotatable bonds is 6. The highest BCUT2D eigenvalue weighted by atomic mass is 32.2. The minimum atomic E-state index is -3.21. The number of benzene rings is 1. The Hall–Kier alpha value is -1.13. The largest absolute Gasteiger partial charge is 0.390 e. The summed E-state index contributed by atoms with van der Waals surface area (Å²) in [6, 6.07) is 8.96. The van der Waals surface area contributed by atoms with Crippen molar-refractivity contribution in [3.8, 4) is 0 Å². The average molecular weight is 485 g/mol. The molecule has 0 radical (unpaired) electrons. The van der Waals surface area contributed by atoms with E-state index in [2.05, 4.69) is 26.8 Å². The molecule has 0 aliphatic heterocycles. The van der Waals surface area contributed by atoms with Crippen LogP contribution < -0.4 is 0 Å². The first kappa shape index (κ1) is 24.6. The molecule has 0 spiro atoms. The van der Waals surface area contributed by atoms with E-state index >= 15 is 0 Å². The highest BCUT2D eigenvalue weighted by Gasteiger charge is 2.57. The number of fused-ring (bicyclic) bond motifs is 5. The molecule has 3 nitrogen and oxygen atoms in total. The quantitative estimate of drug-likeness (QED) is 0.451. The van der Waals surface area contributed by atoms with Crippen LogP contribution in [0.4, 0.5) is 0 Å². The molecule has 0 aromatic heterocycles. The Kier molecular flexibility index (Phi) is 6.55. The molecular weight excluding hydrogens is 440 g/mol. The molecule has 34 heavy (non-hydrogen) atoms. The molecule has 0 bridgehead atoms. The van der Waals surface area contributed by atoms with Crippen molar-refractivity contribution in [3.63, 3.8) is 0 Å². The van der Waals surface area contributed by atoms with Crippen LogP contribution in [0.5, 0.6) is 0 Å². The molecule has 4 heteroatoms. The second-order valence-corrected chi connectivity index (χ2v) is 14.6. The molecule has 188 valence electrons. The Morgan fingerprint density at radius 3 is 2.56 bits per heavy atom. The summed E-state index contributed by atoms with van der Waals surface area (Å²) in [4.78, 5) is 0.463. The molecule has 5 rings (SSSR count). The topological polar surface area (TPSA) is 54.4 Å². The smallest absolute Gasteiger partial charge is 0.178 e. The summed E-state index contributed by atoms with van der Waals surface area (Å²) in [7, 11) is -3.21. The van der Waals surface area contributed by atoms with Gasteiger partial charge in [-0.25, -0.2) is 8.42 Å². The van der Waals surface area contributed by atoms with Crippen LogP contribution in [0.3, 0.4) is 0 Å². The van der Waals surface area contributed by atoms with Crippen LogP contribution >= 0.6 is 0 Å². The number of allylic oxidation sites excluding steroid dienone is 1. The van der Waals surface area contributed by atoms with Gasteiger partial charge in [-0.05, 0) is 117 Å². The summed E-state index contributed by atoms with van der Waals surface area (Å²) in [5.74, 6) is 4.38. The summed E-state index contributed by atoms with van der Waals surface area (Å²) in [6.45, 7) is 6.99. The van der Waals surface area contributed by atoms with Crippen LogP contribution in [0.15, 0.2) is 46.9 Å². The second-order valence-electron chi connectivity index (χ2n) is 12.5. The van der Waals surface area contributed by atoms with Crippen LogP contribution in [-0.2, 0) is 9.84 Å². The fraction of sp³-hybridized carbons (Fsp3) is 0.733. The second kappa shape index (κ2) is 9.07. The van der Waals surface area contributed by atoms with E-state index in [1.54, 1.807) is 17.7 Å². The van der Waals surface area contributed by atoms with Crippen molar-refractivity contribution in [2.75, 3.05) is 5.75 Å². The van der Waals surface area contributed by atoms with Crippen LogP contribution in [0.1, 0.15) is 85.0 Å². The summed E-state index contributed by atoms with van der Waals surface area (Å²) in [5.41, 5.74) is 1.45. The number of sulfone groups is 1. The van der Waals surface area contributed by atoms with Gasteiger partial charge in [-0.15, -0.1) is 0 Å². The van der Waals surface area contributed by atoms with E-state index in [9.17, 15) is 13.5 Å². The van der Waals surface area contributed by atoms with Crippen molar-refractivity contribution in [2.24, 2.45) is 40.9 Å². The Bertz CT molecular complexity index is 1010. The summed E-state index contributed by atoms with van der Waals surface area (Å²) in [6.07, 6.45) is 13.6. The molecule has 0 amide bonds. The molecule has 3 fully saturated rings. The van der Waals surface area contributed by atoms with E-state index in [0.717, 1.165) is 49.9 Å².